The van der Waals surface area contributed by atoms with Gasteiger partial charge in [-0.3, -0.25) is 14.5 Å². The van der Waals surface area contributed by atoms with E-state index in [2.05, 4.69) is 50.0 Å². The maximum Gasteiger partial charge on any atom is 0.286 e. The van der Waals surface area contributed by atoms with Crippen LogP contribution in [0.2, 0.25) is 0 Å². The molecule has 1 aliphatic heterocycles. The molecule has 33 heavy (non-hydrogen) atoms. The van der Waals surface area contributed by atoms with E-state index >= 15 is 0 Å². The van der Waals surface area contributed by atoms with E-state index in [1.807, 2.05) is 0 Å². The number of anilines is 1. The minimum absolute atomic E-state index is 0.120. The molecule has 0 saturated carbocycles. The van der Waals surface area contributed by atoms with Crippen LogP contribution in [0, 0.1) is 0 Å². The maximum absolute atomic E-state index is 12.4. The van der Waals surface area contributed by atoms with Gasteiger partial charge in [0.15, 0.2) is 0 Å². The number of carbonyl (C=O) groups is 2. The predicted octanol–water partition coefficient (Wildman–Crippen LogP) is 3.12. The summed E-state index contributed by atoms with van der Waals surface area (Å²) < 4.78 is 4.99. The highest BCUT2D eigenvalue weighted by molar-refractivity contribution is 7.13. The van der Waals surface area contributed by atoms with Gasteiger partial charge in [0.25, 0.3) is 11.8 Å². The van der Waals surface area contributed by atoms with Crippen LogP contribution in [0.5, 0.6) is 0 Å². The lowest BCUT2D eigenvalue weighted by Gasteiger charge is -2.28. The van der Waals surface area contributed by atoms with Gasteiger partial charge in [-0.1, -0.05) is 35.6 Å². The Morgan fingerprint density at radius 3 is 2.64 bits per heavy atom. The van der Waals surface area contributed by atoms with Crippen LogP contribution in [0.1, 0.15) is 42.7 Å². The van der Waals surface area contributed by atoms with Gasteiger partial charge < -0.3 is 15.4 Å². The van der Waals surface area contributed by atoms with Gasteiger partial charge in [-0.15, -0.1) is 10.2 Å². The molecule has 9 heteroatoms. The molecule has 0 fully saturated rings. The van der Waals surface area contributed by atoms with Gasteiger partial charge in [-0.25, -0.2) is 0 Å². The van der Waals surface area contributed by atoms with E-state index < -0.39 is 0 Å². The van der Waals surface area contributed by atoms with Gasteiger partial charge in [-0.2, -0.15) is 0 Å². The molecule has 2 aromatic carbocycles. The van der Waals surface area contributed by atoms with E-state index in [0.29, 0.717) is 29.4 Å². The monoisotopic (exact) mass is 465 g/mol. The zero-order chi connectivity index (χ0) is 23.0. The number of benzene rings is 2. The smallest absolute Gasteiger partial charge is 0.286 e. The summed E-state index contributed by atoms with van der Waals surface area (Å²) in [6.45, 7) is 3.93. The fraction of sp³-hybridized carbons (Fsp3) is 0.333. The number of hydrogen-bond acceptors (Lipinski definition) is 7. The van der Waals surface area contributed by atoms with Crippen LogP contribution in [0.25, 0.3) is 0 Å². The summed E-state index contributed by atoms with van der Waals surface area (Å²) in [5.41, 5.74) is 3.99. The molecule has 1 aliphatic rings. The summed E-state index contributed by atoms with van der Waals surface area (Å²) in [7, 11) is 1.56. The molecule has 2 amide bonds. The van der Waals surface area contributed by atoms with Crippen LogP contribution in [0.4, 0.5) is 5.69 Å². The Balaban J connectivity index is 1.19. The fourth-order valence-corrected chi connectivity index (χ4v) is 4.48. The molecule has 3 aromatic rings. The highest BCUT2D eigenvalue weighted by Gasteiger charge is 2.16. The third-order valence-corrected chi connectivity index (χ3v) is 6.38. The minimum Gasteiger partial charge on any atom is -0.377 e. The Labute approximate surface area is 197 Å². The fourth-order valence-electron chi connectivity index (χ4n) is 3.77. The number of aromatic nitrogens is 2. The van der Waals surface area contributed by atoms with Crippen molar-refractivity contribution in [1.82, 2.24) is 20.4 Å². The second kappa shape index (κ2) is 11.1. The van der Waals surface area contributed by atoms with Crippen LogP contribution in [-0.2, 0) is 24.3 Å². The Hall–Kier alpha value is -3.14. The molecule has 0 spiro atoms. The molecule has 0 unspecified atom stereocenters. The summed E-state index contributed by atoms with van der Waals surface area (Å²) in [4.78, 5) is 27.2. The largest absolute Gasteiger partial charge is 0.377 e. The number of rotatable bonds is 9. The Morgan fingerprint density at radius 1 is 1.06 bits per heavy atom. The van der Waals surface area contributed by atoms with Crippen molar-refractivity contribution >= 4 is 28.8 Å². The normalized spacial score (nSPS) is 13.4. The predicted molar refractivity (Wildman–Crippen MR) is 127 cm³/mol. The van der Waals surface area contributed by atoms with E-state index in [9.17, 15) is 9.59 Å². The van der Waals surface area contributed by atoms with Gasteiger partial charge in [-0.05, 0) is 48.2 Å². The van der Waals surface area contributed by atoms with Crippen molar-refractivity contribution in [3.8, 4) is 0 Å². The molecule has 0 atom stereocenters. The Morgan fingerprint density at radius 2 is 1.85 bits per heavy atom. The highest BCUT2D eigenvalue weighted by atomic mass is 32.1. The molecule has 4 rings (SSSR count). The van der Waals surface area contributed by atoms with Crippen molar-refractivity contribution in [3.63, 3.8) is 0 Å². The molecule has 2 heterocycles. The van der Waals surface area contributed by atoms with Gasteiger partial charge in [0, 0.05) is 44.5 Å². The first kappa shape index (κ1) is 23.0. The van der Waals surface area contributed by atoms with Crippen LogP contribution in [0.3, 0.4) is 0 Å². The van der Waals surface area contributed by atoms with Crippen LogP contribution < -0.4 is 10.6 Å². The molecular weight excluding hydrogens is 438 g/mol. The van der Waals surface area contributed by atoms with E-state index in [4.69, 9.17) is 4.74 Å². The minimum atomic E-state index is -0.340. The zero-order valence-electron chi connectivity index (χ0n) is 18.5. The van der Waals surface area contributed by atoms with Crippen molar-refractivity contribution in [2.45, 2.75) is 26.0 Å². The first-order valence-corrected chi connectivity index (χ1v) is 11.7. The molecule has 8 nitrogen and oxygen atoms in total. The number of hydrogen-bond donors (Lipinski definition) is 2. The summed E-state index contributed by atoms with van der Waals surface area (Å²) in [6, 6.07) is 15.4. The molecule has 0 radical (unpaired) electrons. The first-order chi connectivity index (χ1) is 16.1. The van der Waals surface area contributed by atoms with Crippen LogP contribution >= 0.6 is 11.3 Å². The van der Waals surface area contributed by atoms with Gasteiger partial charge in [0.05, 0.1) is 6.61 Å². The molecule has 0 saturated heterocycles. The first-order valence-electron chi connectivity index (χ1n) is 10.9. The molecule has 1 aromatic heterocycles. The maximum atomic E-state index is 12.4. The SMILES string of the molecule is COCc1nnc(C(=O)Nc2ccc(C(=O)NCCCN3CCc4ccccc4C3)cc2)s1. The third-order valence-electron chi connectivity index (χ3n) is 5.48. The average molecular weight is 466 g/mol. The van der Waals surface area contributed by atoms with Crippen LogP contribution in [-0.4, -0.2) is 53.7 Å². The average Bonchev–Trinajstić information content (AvgIpc) is 3.31. The Bertz CT molecular complexity index is 1100. The van der Waals surface area contributed by atoms with Crippen LogP contribution in [0.15, 0.2) is 48.5 Å². The van der Waals surface area contributed by atoms with E-state index in [0.717, 1.165) is 32.5 Å². The van der Waals surface area contributed by atoms with E-state index in [1.165, 1.54) is 22.5 Å². The number of nitrogens with zero attached hydrogens (tertiary/aromatic N) is 3. The van der Waals surface area contributed by atoms with E-state index in [1.54, 1.807) is 31.4 Å². The topological polar surface area (TPSA) is 96.5 Å². The number of amides is 2. The molecule has 172 valence electrons. The highest BCUT2D eigenvalue weighted by Crippen LogP contribution is 2.18. The number of carbonyl (C=O) groups excluding carboxylic acids is 2. The van der Waals surface area contributed by atoms with Gasteiger partial charge in [0.2, 0.25) is 5.01 Å². The third kappa shape index (κ3) is 6.22. The summed E-state index contributed by atoms with van der Waals surface area (Å²) in [6.07, 6.45) is 1.98. The second-order valence-corrected chi connectivity index (χ2v) is 8.93. The van der Waals surface area contributed by atoms with Gasteiger partial charge >= 0.3 is 0 Å². The Kier molecular flexibility index (Phi) is 7.77. The van der Waals surface area contributed by atoms with Crippen molar-refractivity contribution in [3.05, 3.63) is 75.2 Å². The summed E-state index contributed by atoms with van der Waals surface area (Å²) in [5, 5.41) is 14.4. The zero-order valence-corrected chi connectivity index (χ0v) is 19.4. The summed E-state index contributed by atoms with van der Waals surface area (Å²) in [5.74, 6) is -0.461. The van der Waals surface area contributed by atoms with Crippen molar-refractivity contribution in [1.29, 1.82) is 0 Å². The standard InChI is InChI=1S/C24H27N5O3S/c1-32-16-21-27-28-24(33-21)23(31)26-20-9-7-18(8-10-20)22(30)25-12-4-13-29-14-11-17-5-2-3-6-19(17)15-29/h2-3,5-10H,4,11-16H2,1H3,(H,25,30)(H,26,31). The molecular formula is C24H27N5O3S. The summed E-state index contributed by atoms with van der Waals surface area (Å²) >= 11 is 1.18. The lowest BCUT2D eigenvalue weighted by Crippen LogP contribution is -2.33. The van der Waals surface area contributed by atoms with Crippen molar-refractivity contribution in [2.24, 2.45) is 0 Å². The molecule has 0 bridgehead atoms. The second-order valence-electron chi connectivity index (χ2n) is 7.87. The quantitative estimate of drug-likeness (QED) is 0.472. The van der Waals surface area contributed by atoms with E-state index in [-0.39, 0.29) is 16.8 Å². The lowest BCUT2D eigenvalue weighted by molar-refractivity contribution is 0.0950. The van der Waals surface area contributed by atoms with Gasteiger partial charge in [0.1, 0.15) is 5.01 Å². The van der Waals surface area contributed by atoms with Crippen molar-refractivity contribution in [2.75, 3.05) is 32.1 Å². The molecule has 2 N–H and O–H groups in total. The lowest BCUT2D eigenvalue weighted by atomic mass is 10.00. The number of methoxy groups -OCH3 is 1. The molecule has 0 aliphatic carbocycles. The number of nitrogens with one attached hydrogen (secondary N) is 2. The van der Waals surface area contributed by atoms with Crippen molar-refractivity contribution < 1.29 is 14.3 Å². The number of fused-ring (bicyclic) bond motifs is 1. The number of ether oxygens (including phenoxy) is 1.